The van der Waals surface area contributed by atoms with Gasteiger partial charge in [-0.1, -0.05) is 30.3 Å². The summed E-state index contributed by atoms with van der Waals surface area (Å²) in [4.78, 5) is 13.6. The highest BCUT2D eigenvalue weighted by Gasteiger charge is 2.10. The Morgan fingerprint density at radius 2 is 2.00 bits per heavy atom. The molecule has 0 bridgehead atoms. The van der Waals surface area contributed by atoms with Gasteiger partial charge in [0.25, 0.3) is 0 Å². The van der Waals surface area contributed by atoms with E-state index in [-0.39, 0.29) is 11.9 Å². The second-order valence-corrected chi connectivity index (χ2v) is 5.98. The average molecular weight is 339 g/mol. The van der Waals surface area contributed by atoms with E-state index < -0.39 is 0 Å². The zero-order chi connectivity index (χ0) is 17.6. The highest BCUT2D eigenvalue weighted by Crippen LogP contribution is 2.14. The molecular formula is C17H21N7O. The summed E-state index contributed by atoms with van der Waals surface area (Å²) in [5, 5.41) is 19.5. The van der Waals surface area contributed by atoms with Crippen molar-refractivity contribution in [2.24, 2.45) is 0 Å². The summed E-state index contributed by atoms with van der Waals surface area (Å²) in [6, 6.07) is 11.7. The molecule has 8 heteroatoms. The molecule has 2 heterocycles. The zero-order valence-electron chi connectivity index (χ0n) is 14.3. The van der Waals surface area contributed by atoms with Crippen LogP contribution in [0.4, 0.5) is 5.82 Å². The number of hydrogen-bond donors (Lipinski definition) is 1. The molecule has 1 aromatic carbocycles. The molecular weight excluding hydrogens is 318 g/mol. The van der Waals surface area contributed by atoms with E-state index in [1.165, 1.54) is 4.80 Å². The van der Waals surface area contributed by atoms with Crippen LogP contribution in [-0.4, -0.2) is 35.9 Å². The first-order valence-electron chi connectivity index (χ1n) is 8.30. The Hall–Kier alpha value is -3.03. The van der Waals surface area contributed by atoms with Crippen LogP contribution in [0.15, 0.2) is 42.6 Å². The Bertz CT molecular complexity index is 822. The van der Waals surface area contributed by atoms with Crippen LogP contribution < -0.4 is 5.32 Å². The van der Waals surface area contributed by atoms with E-state index in [0.717, 1.165) is 5.56 Å². The minimum absolute atomic E-state index is 0.0502. The summed E-state index contributed by atoms with van der Waals surface area (Å²) < 4.78 is 1.78. The van der Waals surface area contributed by atoms with Crippen molar-refractivity contribution >= 4 is 11.7 Å². The lowest BCUT2D eigenvalue weighted by Crippen LogP contribution is -2.17. The number of aromatic nitrogens is 6. The Morgan fingerprint density at radius 3 is 2.76 bits per heavy atom. The molecule has 8 nitrogen and oxygen atoms in total. The molecule has 0 saturated heterocycles. The van der Waals surface area contributed by atoms with Crippen molar-refractivity contribution in [3.63, 3.8) is 0 Å². The van der Waals surface area contributed by atoms with Gasteiger partial charge in [-0.05, 0) is 25.5 Å². The Morgan fingerprint density at radius 1 is 1.20 bits per heavy atom. The lowest BCUT2D eigenvalue weighted by Gasteiger charge is -2.11. The van der Waals surface area contributed by atoms with E-state index in [0.29, 0.717) is 31.0 Å². The molecule has 0 aliphatic rings. The van der Waals surface area contributed by atoms with Crippen LogP contribution in [0.1, 0.15) is 32.7 Å². The van der Waals surface area contributed by atoms with E-state index in [1.807, 2.05) is 44.2 Å². The van der Waals surface area contributed by atoms with E-state index in [2.05, 4.69) is 25.8 Å². The minimum Gasteiger partial charge on any atom is -0.311 e. The topological polar surface area (TPSA) is 90.5 Å². The van der Waals surface area contributed by atoms with Crippen LogP contribution in [0.25, 0.3) is 11.4 Å². The Labute approximate surface area is 145 Å². The van der Waals surface area contributed by atoms with Crippen molar-refractivity contribution in [2.45, 2.75) is 39.3 Å². The van der Waals surface area contributed by atoms with Gasteiger partial charge in [0, 0.05) is 24.1 Å². The molecule has 0 spiro atoms. The van der Waals surface area contributed by atoms with Crippen LogP contribution >= 0.6 is 0 Å². The molecule has 2 aromatic heterocycles. The van der Waals surface area contributed by atoms with Gasteiger partial charge in [-0.2, -0.15) is 9.90 Å². The standard InChI is InChI=1S/C17H21N7O/c1-13(2)24-15(10-11-18-24)19-16(25)9-6-12-23-21-17(20-22-23)14-7-4-3-5-8-14/h3-5,7-8,10-11,13H,6,9,12H2,1-2H3,(H,19,25). The predicted octanol–water partition coefficient (Wildman–Crippen LogP) is 2.54. The summed E-state index contributed by atoms with van der Waals surface area (Å²) in [7, 11) is 0. The molecule has 0 unspecified atom stereocenters. The number of hydrogen-bond acceptors (Lipinski definition) is 5. The van der Waals surface area contributed by atoms with E-state index in [4.69, 9.17) is 0 Å². The molecule has 0 aliphatic carbocycles. The highest BCUT2D eigenvalue weighted by molar-refractivity contribution is 5.89. The number of rotatable bonds is 7. The molecule has 3 rings (SSSR count). The molecule has 1 N–H and O–H groups in total. The monoisotopic (exact) mass is 339 g/mol. The number of carbonyl (C=O) groups excluding carboxylic acids is 1. The first-order chi connectivity index (χ1) is 12.1. The fourth-order valence-corrected chi connectivity index (χ4v) is 2.45. The van der Waals surface area contributed by atoms with Crippen LogP contribution in [-0.2, 0) is 11.3 Å². The predicted molar refractivity (Wildman–Crippen MR) is 93.7 cm³/mol. The average Bonchev–Trinajstić information content (AvgIpc) is 3.25. The number of nitrogens with one attached hydrogen (secondary N) is 1. The zero-order valence-corrected chi connectivity index (χ0v) is 14.3. The maximum Gasteiger partial charge on any atom is 0.225 e. The second-order valence-electron chi connectivity index (χ2n) is 5.98. The first kappa shape index (κ1) is 16.8. The number of amides is 1. The van der Waals surface area contributed by atoms with Gasteiger partial charge in [-0.3, -0.25) is 4.79 Å². The van der Waals surface area contributed by atoms with Gasteiger partial charge in [0.1, 0.15) is 5.82 Å². The van der Waals surface area contributed by atoms with Gasteiger partial charge in [0.2, 0.25) is 11.7 Å². The molecule has 0 aliphatic heterocycles. The summed E-state index contributed by atoms with van der Waals surface area (Å²) in [5.74, 6) is 1.25. The highest BCUT2D eigenvalue weighted by atomic mass is 16.1. The van der Waals surface area contributed by atoms with Crippen molar-refractivity contribution in [1.29, 1.82) is 0 Å². The second kappa shape index (κ2) is 7.69. The number of benzene rings is 1. The number of aryl methyl sites for hydroxylation is 1. The normalized spacial score (nSPS) is 11.0. The molecule has 0 saturated carbocycles. The Kier molecular flexibility index (Phi) is 5.17. The SMILES string of the molecule is CC(C)n1nccc1NC(=O)CCCn1nnc(-c2ccccc2)n1. The van der Waals surface area contributed by atoms with E-state index >= 15 is 0 Å². The fourth-order valence-electron chi connectivity index (χ4n) is 2.45. The van der Waals surface area contributed by atoms with Crippen molar-refractivity contribution in [1.82, 2.24) is 30.0 Å². The van der Waals surface area contributed by atoms with Gasteiger partial charge < -0.3 is 5.32 Å². The lowest BCUT2D eigenvalue weighted by atomic mass is 10.2. The van der Waals surface area contributed by atoms with Crippen molar-refractivity contribution < 1.29 is 4.79 Å². The number of carbonyl (C=O) groups is 1. The smallest absolute Gasteiger partial charge is 0.225 e. The molecule has 0 radical (unpaired) electrons. The summed E-state index contributed by atoms with van der Waals surface area (Å²) >= 11 is 0. The van der Waals surface area contributed by atoms with Crippen LogP contribution in [0.3, 0.4) is 0 Å². The fraction of sp³-hybridized carbons (Fsp3) is 0.353. The number of anilines is 1. The van der Waals surface area contributed by atoms with E-state index in [1.54, 1.807) is 16.9 Å². The lowest BCUT2D eigenvalue weighted by molar-refractivity contribution is -0.116. The number of nitrogens with zero attached hydrogens (tertiary/aromatic N) is 6. The van der Waals surface area contributed by atoms with Gasteiger partial charge in [-0.15, -0.1) is 10.2 Å². The summed E-state index contributed by atoms with van der Waals surface area (Å²) in [6.07, 6.45) is 2.69. The maximum atomic E-state index is 12.1. The number of tetrazole rings is 1. The Balaban J connectivity index is 1.49. The first-order valence-corrected chi connectivity index (χ1v) is 8.30. The van der Waals surface area contributed by atoms with Gasteiger partial charge in [-0.25, -0.2) is 4.68 Å². The van der Waals surface area contributed by atoms with E-state index in [9.17, 15) is 4.79 Å². The summed E-state index contributed by atoms with van der Waals surface area (Å²) in [6.45, 7) is 4.57. The third kappa shape index (κ3) is 4.28. The minimum atomic E-state index is -0.0502. The maximum absolute atomic E-state index is 12.1. The van der Waals surface area contributed by atoms with Crippen molar-refractivity contribution in [3.05, 3.63) is 42.6 Å². The molecule has 0 fully saturated rings. The van der Waals surface area contributed by atoms with Crippen molar-refractivity contribution in [3.8, 4) is 11.4 Å². The third-order valence-corrected chi connectivity index (χ3v) is 3.67. The third-order valence-electron chi connectivity index (χ3n) is 3.67. The van der Waals surface area contributed by atoms with Crippen LogP contribution in [0.5, 0.6) is 0 Å². The molecule has 3 aromatic rings. The van der Waals surface area contributed by atoms with Gasteiger partial charge in [0.05, 0.1) is 12.7 Å². The van der Waals surface area contributed by atoms with Crippen LogP contribution in [0, 0.1) is 0 Å². The quantitative estimate of drug-likeness (QED) is 0.714. The van der Waals surface area contributed by atoms with Gasteiger partial charge in [0.15, 0.2) is 0 Å². The summed E-state index contributed by atoms with van der Waals surface area (Å²) in [5.41, 5.74) is 0.924. The van der Waals surface area contributed by atoms with Gasteiger partial charge >= 0.3 is 0 Å². The van der Waals surface area contributed by atoms with Crippen molar-refractivity contribution in [2.75, 3.05) is 5.32 Å². The molecule has 1 amide bonds. The van der Waals surface area contributed by atoms with Crippen LogP contribution in [0.2, 0.25) is 0 Å². The molecule has 0 atom stereocenters. The molecule has 25 heavy (non-hydrogen) atoms. The largest absolute Gasteiger partial charge is 0.311 e. The molecule has 130 valence electrons.